The third kappa shape index (κ3) is 0.929. The Labute approximate surface area is 49.2 Å². The summed E-state index contributed by atoms with van der Waals surface area (Å²) in [4.78, 5) is 13.6. The quantitative estimate of drug-likeness (QED) is 0.383. The van der Waals surface area contributed by atoms with Crippen LogP contribution < -0.4 is 5.73 Å². The van der Waals surface area contributed by atoms with Gasteiger partial charge in [-0.3, -0.25) is 0 Å². The average molecular weight is 129 g/mol. The van der Waals surface area contributed by atoms with E-state index in [0.29, 0.717) is 4.79 Å². The van der Waals surface area contributed by atoms with Crippen LogP contribution in [0.2, 0.25) is 0 Å². The van der Waals surface area contributed by atoms with Crippen LogP contribution in [0, 0.1) is 10.1 Å². The Balaban J connectivity index is 2.98. The molecule has 9 heavy (non-hydrogen) atoms. The van der Waals surface area contributed by atoms with Crippen molar-refractivity contribution in [3.05, 3.63) is 16.4 Å². The lowest BCUT2D eigenvalue weighted by Gasteiger charge is -1.84. The van der Waals surface area contributed by atoms with Crippen molar-refractivity contribution < 1.29 is 5.03 Å². The average Bonchev–Trinajstić information content (AvgIpc) is 2.14. The van der Waals surface area contributed by atoms with Gasteiger partial charge in [-0.05, 0) is 0 Å². The number of hydrogen-bond donors (Lipinski definition) is 1. The molecule has 1 aromatic heterocycles. The molecule has 7 nitrogen and oxygen atoms in total. The fourth-order valence-corrected chi connectivity index (χ4v) is 0.346. The zero-order valence-corrected chi connectivity index (χ0v) is 4.26. The van der Waals surface area contributed by atoms with E-state index in [-0.39, 0.29) is 5.95 Å². The number of nitrogen functional groups attached to an aromatic ring is 1. The van der Waals surface area contributed by atoms with E-state index in [2.05, 4.69) is 10.1 Å². The third-order valence-corrected chi connectivity index (χ3v) is 0.666. The molecule has 1 heterocycles. The SMILES string of the molecule is Nc1ncn([N+](=O)[O-])n1. The molecule has 0 saturated carbocycles. The van der Waals surface area contributed by atoms with Crippen LogP contribution in [0.5, 0.6) is 0 Å². The number of rotatable bonds is 1. The molecule has 0 aromatic carbocycles. The maximum Gasteiger partial charge on any atom is 0.363 e. The first-order valence-electron chi connectivity index (χ1n) is 2.02. The van der Waals surface area contributed by atoms with Crippen LogP contribution in [-0.4, -0.2) is 19.9 Å². The summed E-state index contributed by atoms with van der Waals surface area (Å²) in [7, 11) is 0. The lowest BCUT2D eigenvalue weighted by Crippen LogP contribution is -2.08. The second kappa shape index (κ2) is 1.69. The Bertz CT molecular complexity index is 229. The molecule has 0 saturated heterocycles. The summed E-state index contributed by atoms with van der Waals surface area (Å²) in [6, 6.07) is 0. The summed E-state index contributed by atoms with van der Waals surface area (Å²) < 4.78 is 0. The summed E-state index contributed by atoms with van der Waals surface area (Å²) in [5.74, 6) is -0.105. The number of anilines is 1. The van der Waals surface area contributed by atoms with Crippen LogP contribution in [0.4, 0.5) is 5.95 Å². The number of aromatic nitrogens is 3. The molecule has 7 heteroatoms. The number of hydrogen-bond acceptors (Lipinski definition) is 5. The Hall–Kier alpha value is -1.66. The molecule has 0 bridgehead atoms. The zero-order valence-electron chi connectivity index (χ0n) is 4.26. The molecule has 0 spiro atoms. The van der Waals surface area contributed by atoms with Crippen LogP contribution in [0.3, 0.4) is 0 Å². The standard InChI is InChI=1S/C2H3N5O2/c3-2-4-1-6(5-2)7(8)9/h1H,(H2,3,5). The maximum absolute atomic E-state index is 9.82. The van der Waals surface area contributed by atoms with Crippen molar-refractivity contribution in [1.29, 1.82) is 0 Å². The highest BCUT2D eigenvalue weighted by molar-refractivity contribution is 5.08. The molecule has 2 N–H and O–H groups in total. The molecule has 0 aliphatic carbocycles. The normalized spacial score (nSPS) is 9.33. The molecule has 0 amide bonds. The number of nitro groups is 1. The second-order valence-electron chi connectivity index (χ2n) is 1.26. The van der Waals surface area contributed by atoms with Crippen molar-refractivity contribution in [2.75, 3.05) is 5.73 Å². The van der Waals surface area contributed by atoms with Gasteiger partial charge in [0.05, 0.1) is 10.1 Å². The van der Waals surface area contributed by atoms with E-state index < -0.39 is 5.03 Å². The predicted octanol–water partition coefficient (Wildman–Crippen LogP) is -1.10. The van der Waals surface area contributed by atoms with E-state index in [1.165, 1.54) is 0 Å². The summed E-state index contributed by atoms with van der Waals surface area (Å²) in [5.41, 5.74) is 4.97. The van der Waals surface area contributed by atoms with E-state index in [4.69, 9.17) is 5.73 Å². The highest BCUT2D eigenvalue weighted by Gasteiger charge is 2.04. The smallest absolute Gasteiger partial charge is 0.344 e. The van der Waals surface area contributed by atoms with Crippen LogP contribution in [0.25, 0.3) is 0 Å². The van der Waals surface area contributed by atoms with Crippen molar-refractivity contribution in [1.82, 2.24) is 14.9 Å². The molecule has 1 aromatic rings. The highest BCUT2D eigenvalue weighted by atomic mass is 16.7. The van der Waals surface area contributed by atoms with Gasteiger partial charge in [0.25, 0.3) is 0 Å². The lowest BCUT2D eigenvalue weighted by molar-refractivity contribution is -0.552. The minimum atomic E-state index is -0.733. The fraction of sp³-hybridized carbons (Fsp3) is 0. The van der Waals surface area contributed by atoms with Gasteiger partial charge in [-0.1, -0.05) is 0 Å². The van der Waals surface area contributed by atoms with Crippen molar-refractivity contribution >= 4 is 5.95 Å². The molecular weight excluding hydrogens is 126 g/mol. The van der Waals surface area contributed by atoms with E-state index in [0.717, 1.165) is 6.33 Å². The Morgan fingerprint density at radius 2 is 2.56 bits per heavy atom. The molecule has 1 rings (SSSR count). The molecular formula is C2H3N5O2. The van der Waals surface area contributed by atoms with Gasteiger partial charge >= 0.3 is 5.95 Å². The third-order valence-electron chi connectivity index (χ3n) is 0.666. The predicted molar refractivity (Wildman–Crippen MR) is 26.8 cm³/mol. The fourth-order valence-electron chi connectivity index (χ4n) is 0.346. The topological polar surface area (TPSA) is 99.9 Å². The van der Waals surface area contributed by atoms with Gasteiger partial charge in [-0.25, -0.2) is 0 Å². The second-order valence-corrected chi connectivity index (χ2v) is 1.26. The van der Waals surface area contributed by atoms with Crippen molar-refractivity contribution in [2.24, 2.45) is 0 Å². The summed E-state index contributed by atoms with van der Waals surface area (Å²) in [5, 5.41) is 12.3. The van der Waals surface area contributed by atoms with Crippen LogP contribution in [0.1, 0.15) is 0 Å². The van der Waals surface area contributed by atoms with E-state index in [1.54, 1.807) is 0 Å². The lowest BCUT2D eigenvalue weighted by atomic mass is 11.1. The molecule has 0 fully saturated rings. The number of nitrogens with zero attached hydrogens (tertiary/aromatic N) is 4. The van der Waals surface area contributed by atoms with Gasteiger partial charge in [0, 0.05) is 4.79 Å². The summed E-state index contributed by atoms with van der Waals surface area (Å²) in [6.07, 6.45) is 0.926. The summed E-state index contributed by atoms with van der Waals surface area (Å²) in [6.45, 7) is 0. The first kappa shape index (κ1) is 5.48. The molecule has 0 atom stereocenters. The molecule has 48 valence electrons. The Morgan fingerprint density at radius 1 is 1.89 bits per heavy atom. The molecule has 0 aliphatic heterocycles. The van der Waals surface area contributed by atoms with Crippen molar-refractivity contribution in [2.45, 2.75) is 0 Å². The molecule has 0 radical (unpaired) electrons. The van der Waals surface area contributed by atoms with E-state index in [1.807, 2.05) is 0 Å². The minimum Gasteiger partial charge on any atom is -0.344 e. The van der Waals surface area contributed by atoms with Gasteiger partial charge in [-0.2, -0.15) is 4.98 Å². The van der Waals surface area contributed by atoms with Crippen LogP contribution >= 0.6 is 0 Å². The maximum atomic E-state index is 9.82. The van der Waals surface area contributed by atoms with Gasteiger partial charge in [0.2, 0.25) is 0 Å². The number of nitrogens with two attached hydrogens (primary N) is 1. The zero-order chi connectivity index (χ0) is 6.85. The van der Waals surface area contributed by atoms with Gasteiger partial charge < -0.3 is 15.8 Å². The summed E-state index contributed by atoms with van der Waals surface area (Å²) >= 11 is 0. The largest absolute Gasteiger partial charge is 0.363 e. The monoisotopic (exact) mass is 129 g/mol. The Morgan fingerprint density at radius 3 is 2.78 bits per heavy atom. The van der Waals surface area contributed by atoms with Gasteiger partial charge in [-0.15, -0.1) is 0 Å². The highest BCUT2D eigenvalue weighted by Crippen LogP contribution is 1.86. The van der Waals surface area contributed by atoms with Gasteiger partial charge in [0.1, 0.15) is 0 Å². The van der Waals surface area contributed by atoms with Crippen LogP contribution in [0.15, 0.2) is 6.33 Å². The van der Waals surface area contributed by atoms with Crippen molar-refractivity contribution in [3.63, 3.8) is 0 Å². The first-order valence-corrected chi connectivity index (χ1v) is 2.02. The van der Waals surface area contributed by atoms with E-state index >= 15 is 0 Å². The van der Waals surface area contributed by atoms with E-state index in [9.17, 15) is 10.1 Å². The van der Waals surface area contributed by atoms with Crippen molar-refractivity contribution in [3.8, 4) is 0 Å². The minimum absolute atomic E-state index is 0.105. The van der Waals surface area contributed by atoms with Gasteiger partial charge in [0.15, 0.2) is 6.33 Å². The first-order chi connectivity index (χ1) is 4.20. The Kier molecular flexibility index (Phi) is 1.03. The molecule has 0 unspecified atom stereocenters. The van der Waals surface area contributed by atoms with Crippen LogP contribution in [-0.2, 0) is 0 Å². The molecule has 0 aliphatic rings.